The lowest BCUT2D eigenvalue weighted by atomic mass is 10.1. The Bertz CT molecular complexity index is 605. The summed E-state index contributed by atoms with van der Waals surface area (Å²) in [6.45, 7) is 1.72. The van der Waals surface area contributed by atoms with Crippen LogP contribution in [0.1, 0.15) is 18.4 Å². The number of halogens is 2. The number of aromatic nitrogens is 2. The Hall–Kier alpha value is -1.58. The minimum Gasteiger partial charge on any atom is -0.416 e. The zero-order valence-electron chi connectivity index (χ0n) is 9.93. The van der Waals surface area contributed by atoms with E-state index in [9.17, 15) is 4.39 Å². The van der Waals surface area contributed by atoms with E-state index in [1.54, 1.807) is 13.0 Å². The molecule has 1 unspecified atom stereocenters. The Morgan fingerprint density at radius 3 is 3.00 bits per heavy atom. The Morgan fingerprint density at radius 2 is 2.32 bits per heavy atom. The second kappa shape index (κ2) is 6.04. The van der Waals surface area contributed by atoms with E-state index in [0.29, 0.717) is 10.6 Å². The Balaban J connectivity index is 2.14. The highest BCUT2D eigenvalue weighted by Crippen LogP contribution is 2.25. The molecule has 1 aromatic heterocycles. The minimum absolute atomic E-state index is 0.125. The highest BCUT2D eigenvalue weighted by atomic mass is 35.5. The zero-order valence-corrected chi connectivity index (χ0v) is 11.5. The van der Waals surface area contributed by atoms with Gasteiger partial charge in [-0.2, -0.15) is 5.26 Å². The summed E-state index contributed by atoms with van der Waals surface area (Å²) in [6, 6.07) is 6.50. The molecule has 0 spiro atoms. The summed E-state index contributed by atoms with van der Waals surface area (Å²) >= 11 is 7.07. The molecule has 0 aliphatic carbocycles. The average molecular weight is 298 g/mol. The topological polar surface area (TPSA) is 62.7 Å². The summed E-state index contributed by atoms with van der Waals surface area (Å²) < 4.78 is 18.9. The smallest absolute Gasteiger partial charge is 0.277 e. The fourth-order valence-corrected chi connectivity index (χ4v) is 2.20. The molecule has 0 radical (unpaired) electrons. The quantitative estimate of drug-likeness (QED) is 0.809. The van der Waals surface area contributed by atoms with Gasteiger partial charge < -0.3 is 4.42 Å². The Kier molecular flexibility index (Phi) is 4.40. The molecule has 0 aliphatic rings. The molecule has 98 valence electrons. The van der Waals surface area contributed by atoms with Gasteiger partial charge in [-0.25, -0.2) is 4.39 Å². The maximum absolute atomic E-state index is 13.6. The van der Waals surface area contributed by atoms with Crippen LogP contribution in [0.2, 0.25) is 5.02 Å². The van der Waals surface area contributed by atoms with Crippen molar-refractivity contribution in [3.05, 3.63) is 40.5 Å². The third kappa shape index (κ3) is 3.46. The fraction of sp³-hybridized carbons (Fsp3) is 0.250. The number of thioether (sulfide) groups is 1. The van der Waals surface area contributed by atoms with Crippen LogP contribution in [0.15, 0.2) is 27.8 Å². The van der Waals surface area contributed by atoms with Gasteiger partial charge in [0.15, 0.2) is 0 Å². The van der Waals surface area contributed by atoms with Crippen molar-refractivity contribution in [2.75, 3.05) is 0 Å². The van der Waals surface area contributed by atoms with Crippen LogP contribution in [0.5, 0.6) is 0 Å². The van der Waals surface area contributed by atoms with Gasteiger partial charge in [0.1, 0.15) is 5.82 Å². The molecule has 2 aromatic rings. The van der Waals surface area contributed by atoms with Gasteiger partial charge >= 0.3 is 0 Å². The van der Waals surface area contributed by atoms with E-state index in [2.05, 4.69) is 10.2 Å². The number of hydrogen-bond acceptors (Lipinski definition) is 5. The first kappa shape index (κ1) is 13.8. The van der Waals surface area contributed by atoms with Crippen LogP contribution < -0.4 is 0 Å². The van der Waals surface area contributed by atoms with Gasteiger partial charge in [0, 0.05) is 10.6 Å². The monoisotopic (exact) mass is 297 g/mol. The van der Waals surface area contributed by atoms with Crippen molar-refractivity contribution < 1.29 is 8.81 Å². The van der Waals surface area contributed by atoms with E-state index in [1.165, 1.54) is 12.1 Å². The number of benzene rings is 1. The summed E-state index contributed by atoms with van der Waals surface area (Å²) in [5, 5.41) is 16.6. The van der Waals surface area contributed by atoms with Crippen molar-refractivity contribution in [3.8, 4) is 6.07 Å². The molecule has 2 rings (SSSR count). The van der Waals surface area contributed by atoms with Crippen LogP contribution >= 0.6 is 23.4 Å². The molecule has 0 saturated carbocycles. The summed E-state index contributed by atoms with van der Waals surface area (Å²) in [5.41, 5.74) is 0.317. The molecule has 1 aromatic carbocycles. The summed E-state index contributed by atoms with van der Waals surface area (Å²) in [5.74, 6) is -0.148. The number of rotatable bonds is 4. The zero-order chi connectivity index (χ0) is 13.8. The van der Waals surface area contributed by atoms with Crippen LogP contribution in [-0.2, 0) is 6.42 Å². The predicted molar refractivity (Wildman–Crippen MR) is 69.4 cm³/mol. The van der Waals surface area contributed by atoms with Gasteiger partial charge in [0.25, 0.3) is 5.22 Å². The van der Waals surface area contributed by atoms with Crippen molar-refractivity contribution in [2.24, 2.45) is 0 Å². The highest BCUT2D eigenvalue weighted by molar-refractivity contribution is 7.99. The summed E-state index contributed by atoms with van der Waals surface area (Å²) in [7, 11) is 0. The Morgan fingerprint density at radius 1 is 1.53 bits per heavy atom. The lowest BCUT2D eigenvalue weighted by Crippen LogP contribution is -1.94. The van der Waals surface area contributed by atoms with Crippen LogP contribution in [0.4, 0.5) is 4.39 Å². The molecule has 7 heteroatoms. The molecule has 1 heterocycles. The maximum atomic E-state index is 13.6. The molecule has 0 aliphatic heterocycles. The first-order valence-electron chi connectivity index (χ1n) is 5.41. The molecule has 0 saturated heterocycles. The van der Waals surface area contributed by atoms with E-state index in [1.807, 2.05) is 6.07 Å². The van der Waals surface area contributed by atoms with Crippen LogP contribution in [0.25, 0.3) is 0 Å². The van der Waals surface area contributed by atoms with Gasteiger partial charge in [0.05, 0.1) is 17.7 Å². The van der Waals surface area contributed by atoms with Crippen molar-refractivity contribution in [1.82, 2.24) is 10.2 Å². The van der Waals surface area contributed by atoms with Crippen LogP contribution in [0.3, 0.4) is 0 Å². The molecule has 4 nitrogen and oxygen atoms in total. The predicted octanol–water partition coefficient (Wildman–Crippen LogP) is 3.46. The second-order valence-corrected chi connectivity index (χ2v) is 5.43. The molecule has 19 heavy (non-hydrogen) atoms. The second-order valence-electron chi connectivity index (χ2n) is 3.73. The maximum Gasteiger partial charge on any atom is 0.277 e. The first-order chi connectivity index (χ1) is 9.10. The van der Waals surface area contributed by atoms with E-state index < -0.39 is 5.82 Å². The number of hydrogen-bond donors (Lipinski definition) is 0. The van der Waals surface area contributed by atoms with Crippen LogP contribution in [-0.4, -0.2) is 15.4 Å². The fourth-order valence-electron chi connectivity index (χ4n) is 1.39. The molecule has 1 atom stereocenters. The Labute approximate surface area is 118 Å². The molecular formula is C12H9ClFN3OS. The lowest BCUT2D eigenvalue weighted by molar-refractivity contribution is 0.418. The summed E-state index contributed by atoms with van der Waals surface area (Å²) in [6.07, 6.45) is 0.125. The molecular weight excluding hydrogens is 289 g/mol. The molecule has 0 amide bonds. The normalized spacial score (nSPS) is 12.1. The van der Waals surface area contributed by atoms with Gasteiger partial charge in [-0.1, -0.05) is 17.7 Å². The van der Waals surface area contributed by atoms with Crippen molar-refractivity contribution in [2.45, 2.75) is 23.8 Å². The highest BCUT2D eigenvalue weighted by Gasteiger charge is 2.14. The van der Waals surface area contributed by atoms with Crippen LogP contribution in [0, 0.1) is 17.1 Å². The van der Waals surface area contributed by atoms with E-state index in [0.717, 1.165) is 11.8 Å². The van der Waals surface area contributed by atoms with E-state index in [-0.39, 0.29) is 22.8 Å². The van der Waals surface area contributed by atoms with Crippen molar-refractivity contribution in [1.29, 1.82) is 5.26 Å². The third-order valence-electron chi connectivity index (χ3n) is 2.30. The van der Waals surface area contributed by atoms with Gasteiger partial charge in [-0.05, 0) is 30.8 Å². The van der Waals surface area contributed by atoms with Crippen molar-refractivity contribution in [3.63, 3.8) is 0 Å². The minimum atomic E-state index is -0.412. The van der Waals surface area contributed by atoms with Crippen molar-refractivity contribution >= 4 is 23.4 Å². The molecule has 0 N–H and O–H groups in total. The lowest BCUT2D eigenvalue weighted by Gasteiger charge is -2.02. The molecule has 0 fully saturated rings. The third-order valence-corrected chi connectivity index (χ3v) is 3.48. The first-order valence-corrected chi connectivity index (χ1v) is 6.67. The van der Waals surface area contributed by atoms with E-state index >= 15 is 0 Å². The molecule has 0 bridgehead atoms. The van der Waals surface area contributed by atoms with Gasteiger partial charge in [-0.3, -0.25) is 0 Å². The number of nitriles is 1. The average Bonchev–Trinajstić information content (AvgIpc) is 2.81. The standard InChI is InChI=1S/C12H9ClFN3OS/c1-7(6-15)19-12-17-16-11(18-12)5-8-9(13)3-2-4-10(8)14/h2-4,7H,5H2,1H3. The largest absolute Gasteiger partial charge is 0.416 e. The SMILES string of the molecule is CC(C#N)Sc1nnc(Cc2c(F)cccc2Cl)o1. The number of nitrogens with zero attached hydrogens (tertiary/aromatic N) is 3. The summed E-state index contributed by atoms with van der Waals surface area (Å²) in [4.78, 5) is 0. The van der Waals surface area contributed by atoms with E-state index in [4.69, 9.17) is 21.3 Å². The van der Waals surface area contributed by atoms with Gasteiger partial charge in [-0.15, -0.1) is 10.2 Å². The van der Waals surface area contributed by atoms with Gasteiger partial charge in [0.2, 0.25) is 5.89 Å².